The van der Waals surface area contributed by atoms with Crippen LogP contribution in [0.2, 0.25) is 0 Å². The van der Waals surface area contributed by atoms with Crippen molar-refractivity contribution in [3.63, 3.8) is 0 Å². The SMILES string of the molecule is CCCOc1ccc(NC(=O)NC2CCN(CCc3ccncc3)CC2)cc1OCCC. The largest absolute Gasteiger partial charge is 0.490 e. The van der Waals surface area contributed by atoms with Gasteiger partial charge in [0, 0.05) is 49.8 Å². The Balaban J connectivity index is 1.44. The summed E-state index contributed by atoms with van der Waals surface area (Å²) in [6.45, 7) is 8.40. The first-order valence-corrected chi connectivity index (χ1v) is 11.8. The summed E-state index contributed by atoms with van der Waals surface area (Å²) in [4.78, 5) is 19.1. The molecule has 0 spiro atoms. The number of urea groups is 1. The molecule has 2 heterocycles. The molecule has 0 saturated carbocycles. The molecule has 1 aromatic heterocycles. The number of pyridine rings is 1. The van der Waals surface area contributed by atoms with Crippen molar-refractivity contribution < 1.29 is 14.3 Å². The molecule has 174 valence electrons. The normalized spacial score (nSPS) is 14.7. The summed E-state index contributed by atoms with van der Waals surface area (Å²) in [5, 5.41) is 6.06. The van der Waals surface area contributed by atoms with Gasteiger partial charge in [-0.25, -0.2) is 4.79 Å². The molecule has 1 aliphatic rings. The molecule has 0 aliphatic carbocycles. The van der Waals surface area contributed by atoms with E-state index in [2.05, 4.69) is 46.5 Å². The molecule has 2 aromatic rings. The fourth-order valence-electron chi connectivity index (χ4n) is 3.73. The van der Waals surface area contributed by atoms with E-state index in [1.807, 2.05) is 30.6 Å². The highest BCUT2D eigenvalue weighted by Gasteiger charge is 2.20. The lowest BCUT2D eigenvalue weighted by atomic mass is 10.0. The number of ether oxygens (including phenoxy) is 2. The molecule has 1 aromatic carbocycles. The Labute approximate surface area is 191 Å². The zero-order chi connectivity index (χ0) is 22.6. The maximum atomic E-state index is 12.5. The van der Waals surface area contributed by atoms with Gasteiger partial charge >= 0.3 is 6.03 Å². The van der Waals surface area contributed by atoms with Crippen LogP contribution in [0.4, 0.5) is 10.5 Å². The van der Waals surface area contributed by atoms with Crippen LogP contribution in [0.15, 0.2) is 42.7 Å². The predicted octanol–water partition coefficient (Wildman–Crippen LogP) is 4.49. The summed E-state index contributed by atoms with van der Waals surface area (Å²) in [7, 11) is 0. The van der Waals surface area contributed by atoms with E-state index in [-0.39, 0.29) is 12.1 Å². The van der Waals surface area contributed by atoms with E-state index in [4.69, 9.17) is 9.47 Å². The van der Waals surface area contributed by atoms with Gasteiger partial charge in [0.2, 0.25) is 0 Å². The summed E-state index contributed by atoms with van der Waals surface area (Å²) in [5.41, 5.74) is 2.01. The minimum Gasteiger partial charge on any atom is -0.490 e. The maximum Gasteiger partial charge on any atom is 0.319 e. The second-order valence-corrected chi connectivity index (χ2v) is 8.18. The van der Waals surface area contributed by atoms with Crippen molar-refractivity contribution in [3.8, 4) is 11.5 Å². The first-order chi connectivity index (χ1) is 15.7. The van der Waals surface area contributed by atoms with E-state index < -0.39 is 0 Å². The van der Waals surface area contributed by atoms with Crippen molar-refractivity contribution in [1.29, 1.82) is 0 Å². The highest BCUT2D eigenvalue weighted by molar-refractivity contribution is 5.89. The lowest BCUT2D eigenvalue weighted by Crippen LogP contribution is -2.46. The number of piperidine rings is 1. The average Bonchev–Trinajstić information content (AvgIpc) is 2.82. The number of hydrogen-bond acceptors (Lipinski definition) is 5. The number of aromatic nitrogens is 1. The molecule has 1 fully saturated rings. The van der Waals surface area contributed by atoms with Crippen LogP contribution in [0.5, 0.6) is 11.5 Å². The number of amides is 2. The molecule has 7 nitrogen and oxygen atoms in total. The zero-order valence-electron chi connectivity index (χ0n) is 19.3. The van der Waals surface area contributed by atoms with Gasteiger partial charge in [0.1, 0.15) is 0 Å². The van der Waals surface area contributed by atoms with Gasteiger partial charge in [0.25, 0.3) is 0 Å². The molecule has 2 amide bonds. The van der Waals surface area contributed by atoms with Crippen molar-refractivity contribution in [3.05, 3.63) is 48.3 Å². The number of nitrogens with one attached hydrogen (secondary N) is 2. The van der Waals surface area contributed by atoms with Crippen LogP contribution >= 0.6 is 0 Å². The number of likely N-dealkylation sites (tertiary alicyclic amines) is 1. The Morgan fingerprint density at radius 2 is 1.72 bits per heavy atom. The Hall–Kier alpha value is -2.80. The fraction of sp³-hybridized carbons (Fsp3) is 0.520. The maximum absolute atomic E-state index is 12.5. The summed E-state index contributed by atoms with van der Waals surface area (Å²) in [5.74, 6) is 1.38. The van der Waals surface area contributed by atoms with Crippen molar-refractivity contribution in [1.82, 2.24) is 15.2 Å². The van der Waals surface area contributed by atoms with Crippen LogP contribution in [-0.4, -0.2) is 54.8 Å². The Morgan fingerprint density at radius 3 is 2.41 bits per heavy atom. The molecule has 0 atom stereocenters. The molecule has 0 radical (unpaired) electrons. The van der Waals surface area contributed by atoms with Crippen LogP contribution in [0, 0.1) is 0 Å². The number of carbonyl (C=O) groups excluding carboxylic acids is 1. The van der Waals surface area contributed by atoms with Gasteiger partial charge in [-0.05, 0) is 61.9 Å². The van der Waals surface area contributed by atoms with Crippen LogP contribution in [-0.2, 0) is 6.42 Å². The van der Waals surface area contributed by atoms with Crippen molar-refractivity contribution in [2.24, 2.45) is 0 Å². The number of rotatable bonds is 11. The standard InChI is InChI=1S/C25H36N4O3/c1-3-17-31-23-6-5-22(19-24(23)32-18-4-2)28-25(30)27-21-10-15-29(16-11-21)14-9-20-7-12-26-13-8-20/h5-8,12-13,19,21H,3-4,9-11,14-18H2,1-2H3,(H2,27,28,30). The van der Waals surface area contributed by atoms with E-state index in [9.17, 15) is 4.79 Å². The minimum atomic E-state index is -0.177. The third-order valence-electron chi connectivity index (χ3n) is 5.51. The molecule has 0 bridgehead atoms. The van der Waals surface area contributed by atoms with Crippen molar-refractivity contribution in [2.45, 2.75) is 52.0 Å². The lowest BCUT2D eigenvalue weighted by Gasteiger charge is -2.32. The molecule has 7 heteroatoms. The molecule has 32 heavy (non-hydrogen) atoms. The topological polar surface area (TPSA) is 75.7 Å². The molecule has 1 saturated heterocycles. The second-order valence-electron chi connectivity index (χ2n) is 8.18. The van der Waals surface area contributed by atoms with Crippen molar-refractivity contribution >= 4 is 11.7 Å². The molecule has 0 unspecified atom stereocenters. The fourth-order valence-corrected chi connectivity index (χ4v) is 3.73. The quantitative estimate of drug-likeness (QED) is 0.539. The van der Waals surface area contributed by atoms with Gasteiger partial charge in [-0.2, -0.15) is 0 Å². The highest BCUT2D eigenvalue weighted by atomic mass is 16.5. The number of nitrogens with zero attached hydrogens (tertiary/aromatic N) is 2. The van der Waals surface area contributed by atoms with Crippen LogP contribution in [0.3, 0.4) is 0 Å². The van der Waals surface area contributed by atoms with Gasteiger partial charge in [-0.15, -0.1) is 0 Å². The van der Waals surface area contributed by atoms with Gasteiger partial charge in [0.15, 0.2) is 11.5 Å². The minimum absolute atomic E-state index is 0.177. The summed E-state index contributed by atoms with van der Waals surface area (Å²) >= 11 is 0. The number of benzene rings is 1. The van der Waals surface area contributed by atoms with E-state index in [1.165, 1.54) is 5.56 Å². The van der Waals surface area contributed by atoms with Gasteiger partial charge in [-0.1, -0.05) is 13.8 Å². The third-order valence-corrected chi connectivity index (χ3v) is 5.51. The van der Waals surface area contributed by atoms with E-state index in [0.717, 1.165) is 51.7 Å². The lowest BCUT2D eigenvalue weighted by molar-refractivity contribution is 0.197. The Kier molecular flexibility index (Phi) is 9.62. The molecule has 3 rings (SSSR count). The van der Waals surface area contributed by atoms with Crippen LogP contribution in [0.25, 0.3) is 0 Å². The number of hydrogen-bond donors (Lipinski definition) is 2. The molecule has 1 aliphatic heterocycles. The predicted molar refractivity (Wildman–Crippen MR) is 128 cm³/mol. The first-order valence-electron chi connectivity index (χ1n) is 11.8. The monoisotopic (exact) mass is 440 g/mol. The summed E-state index contributed by atoms with van der Waals surface area (Å²) < 4.78 is 11.6. The van der Waals surface area contributed by atoms with E-state index in [1.54, 1.807) is 0 Å². The Morgan fingerprint density at radius 1 is 1.03 bits per heavy atom. The van der Waals surface area contributed by atoms with Gasteiger partial charge < -0.3 is 25.0 Å². The zero-order valence-corrected chi connectivity index (χ0v) is 19.3. The van der Waals surface area contributed by atoms with Gasteiger partial charge in [-0.3, -0.25) is 4.98 Å². The van der Waals surface area contributed by atoms with Crippen LogP contribution in [0.1, 0.15) is 45.1 Å². The molecule has 2 N–H and O–H groups in total. The third kappa shape index (κ3) is 7.71. The summed E-state index contributed by atoms with van der Waals surface area (Å²) in [6, 6.07) is 9.70. The highest BCUT2D eigenvalue weighted by Crippen LogP contribution is 2.31. The average molecular weight is 441 g/mol. The van der Waals surface area contributed by atoms with Gasteiger partial charge in [0.05, 0.1) is 13.2 Å². The molecular formula is C25H36N4O3. The number of carbonyl (C=O) groups is 1. The smallest absolute Gasteiger partial charge is 0.319 e. The summed E-state index contributed by atoms with van der Waals surface area (Å²) in [6.07, 6.45) is 8.46. The van der Waals surface area contributed by atoms with Crippen LogP contribution < -0.4 is 20.1 Å². The van der Waals surface area contributed by atoms with E-state index in [0.29, 0.717) is 30.4 Å². The second kappa shape index (κ2) is 12.9. The Bertz CT molecular complexity index is 823. The van der Waals surface area contributed by atoms with E-state index >= 15 is 0 Å². The first kappa shape index (κ1) is 23.9. The molecular weight excluding hydrogens is 404 g/mol. The van der Waals surface area contributed by atoms with Crippen molar-refractivity contribution in [2.75, 3.05) is 38.2 Å². The number of anilines is 1.